The zero-order valence-electron chi connectivity index (χ0n) is 21.2. The lowest BCUT2D eigenvalue weighted by atomic mass is 10.0. The van der Waals surface area contributed by atoms with Crippen molar-refractivity contribution in [3.63, 3.8) is 0 Å². The fourth-order valence-electron chi connectivity index (χ4n) is 4.40. The first-order valence-electron chi connectivity index (χ1n) is 12.2. The number of hydrogen-bond acceptors (Lipinski definition) is 7. The normalized spacial score (nSPS) is 15.1. The van der Waals surface area contributed by atoms with Gasteiger partial charge in [0.1, 0.15) is 18.0 Å². The van der Waals surface area contributed by atoms with Gasteiger partial charge < -0.3 is 20.1 Å². The molecule has 0 radical (unpaired) electrons. The van der Waals surface area contributed by atoms with Gasteiger partial charge in [-0.25, -0.2) is 14.4 Å². The molecule has 38 heavy (non-hydrogen) atoms. The molecule has 0 aliphatic carbocycles. The van der Waals surface area contributed by atoms with Crippen molar-refractivity contribution in [2.45, 2.75) is 32.4 Å². The summed E-state index contributed by atoms with van der Waals surface area (Å²) in [7, 11) is 0. The number of carbonyl (C=O) groups excluding carboxylic acids is 1. The Balaban J connectivity index is 1.49. The van der Waals surface area contributed by atoms with Gasteiger partial charge in [0, 0.05) is 47.3 Å². The van der Waals surface area contributed by atoms with Crippen molar-refractivity contribution in [1.82, 2.24) is 15.0 Å². The smallest absolute Gasteiger partial charge is 0.253 e. The first-order valence-corrected chi connectivity index (χ1v) is 12.6. The number of anilines is 2. The number of halogens is 2. The maximum Gasteiger partial charge on any atom is 0.253 e. The molecule has 1 fully saturated rings. The Morgan fingerprint density at radius 3 is 2.58 bits per heavy atom. The Hall–Kier alpha value is -3.66. The molecule has 0 bridgehead atoms. The zero-order chi connectivity index (χ0) is 27.0. The quantitative estimate of drug-likeness (QED) is 0.348. The van der Waals surface area contributed by atoms with Gasteiger partial charge >= 0.3 is 0 Å². The van der Waals surface area contributed by atoms with Crippen LogP contribution in [0.25, 0.3) is 22.0 Å². The summed E-state index contributed by atoms with van der Waals surface area (Å²) in [6, 6.07) is 9.86. The van der Waals surface area contributed by atoms with Crippen LogP contribution in [0.3, 0.4) is 0 Å². The van der Waals surface area contributed by atoms with Crippen LogP contribution in [0.15, 0.2) is 55.0 Å². The van der Waals surface area contributed by atoms with Crippen molar-refractivity contribution < 1.29 is 19.0 Å². The topological polar surface area (TPSA) is 100 Å². The monoisotopic (exact) mass is 535 g/mol. The van der Waals surface area contributed by atoms with Crippen LogP contribution in [0.5, 0.6) is 0 Å². The molecule has 0 saturated carbocycles. The highest BCUT2D eigenvalue weighted by molar-refractivity contribution is 6.34. The van der Waals surface area contributed by atoms with Crippen molar-refractivity contribution in [3.05, 3.63) is 77.2 Å². The van der Waals surface area contributed by atoms with Gasteiger partial charge in [-0.05, 0) is 56.7 Å². The second kappa shape index (κ2) is 10.2. The van der Waals surface area contributed by atoms with Crippen LogP contribution >= 0.6 is 11.6 Å². The lowest BCUT2D eigenvalue weighted by molar-refractivity contribution is -0.125. The minimum absolute atomic E-state index is 0.00693. The minimum atomic E-state index is -1.14. The number of nitrogens with zero attached hydrogens (tertiary/aromatic N) is 4. The summed E-state index contributed by atoms with van der Waals surface area (Å²) in [6.07, 6.45) is 4.87. The Kier molecular flexibility index (Phi) is 7.00. The number of pyridine rings is 1. The molecule has 3 heterocycles. The van der Waals surface area contributed by atoms with Crippen LogP contribution in [0, 0.1) is 5.82 Å². The molecule has 2 aromatic heterocycles. The van der Waals surface area contributed by atoms with Gasteiger partial charge in [-0.15, -0.1) is 0 Å². The largest absolute Gasteiger partial charge is 0.382 e. The number of rotatable bonds is 6. The van der Waals surface area contributed by atoms with Crippen LogP contribution < -0.4 is 10.2 Å². The van der Waals surface area contributed by atoms with Crippen LogP contribution in [0.2, 0.25) is 5.02 Å². The first kappa shape index (κ1) is 26.0. The summed E-state index contributed by atoms with van der Waals surface area (Å²) in [4.78, 5) is 26.9. The number of hydrogen-bond donors (Lipinski definition) is 2. The van der Waals surface area contributed by atoms with E-state index in [1.165, 1.54) is 6.07 Å². The van der Waals surface area contributed by atoms with E-state index in [9.17, 15) is 14.3 Å². The number of nitrogens with one attached hydrogen (secondary N) is 1. The van der Waals surface area contributed by atoms with Crippen LogP contribution in [-0.4, -0.2) is 45.7 Å². The molecule has 0 spiro atoms. The van der Waals surface area contributed by atoms with Crippen molar-refractivity contribution in [2.75, 3.05) is 30.0 Å². The SMILES string of the molecule is CC(Nc1c(Cl)cnc2ccc(-c3cnc(C(C)(C)O)nc3)cc12)c1cc(N2CCOCC2=O)ccc1F. The van der Waals surface area contributed by atoms with Gasteiger partial charge in [-0.1, -0.05) is 17.7 Å². The molecular weight excluding hydrogens is 509 g/mol. The highest BCUT2D eigenvalue weighted by Crippen LogP contribution is 2.36. The Morgan fingerprint density at radius 1 is 1.11 bits per heavy atom. The minimum Gasteiger partial charge on any atom is -0.382 e. The molecule has 10 heteroatoms. The molecule has 1 aliphatic rings. The van der Waals surface area contributed by atoms with Gasteiger partial charge in [0.05, 0.1) is 28.9 Å². The van der Waals surface area contributed by atoms with Crippen molar-refractivity contribution in [2.24, 2.45) is 0 Å². The standard InChI is InChI=1S/C28H27ClFN5O3/c1-16(20-11-19(5-6-23(20)30)35-8-9-38-15-25(35)36)34-26-21-10-17(4-7-24(21)31-14-22(26)29)18-12-32-27(33-13-18)28(2,3)37/h4-7,10-14,16,37H,8-9,15H2,1-3H3,(H,31,34). The molecule has 196 valence electrons. The number of fused-ring (bicyclic) bond motifs is 1. The van der Waals surface area contributed by atoms with Gasteiger partial charge in [0.15, 0.2) is 5.82 Å². The molecule has 2 aromatic carbocycles. The van der Waals surface area contributed by atoms with Crippen LogP contribution in [0.1, 0.15) is 38.2 Å². The third-order valence-electron chi connectivity index (χ3n) is 6.46. The lowest BCUT2D eigenvalue weighted by Crippen LogP contribution is -2.41. The molecule has 4 aromatic rings. The summed E-state index contributed by atoms with van der Waals surface area (Å²) in [5.41, 5.74) is 2.77. The van der Waals surface area contributed by atoms with E-state index >= 15 is 0 Å². The zero-order valence-corrected chi connectivity index (χ0v) is 22.0. The number of carbonyl (C=O) groups is 1. The number of aliphatic hydroxyl groups is 1. The van der Waals surface area contributed by atoms with Crippen LogP contribution in [0.4, 0.5) is 15.8 Å². The second-order valence-corrected chi connectivity index (χ2v) is 10.1. The molecule has 5 rings (SSSR count). The lowest BCUT2D eigenvalue weighted by Gasteiger charge is -2.28. The number of amides is 1. The molecule has 1 atom stereocenters. The van der Waals surface area contributed by atoms with E-state index in [1.54, 1.807) is 49.5 Å². The molecule has 1 unspecified atom stereocenters. The second-order valence-electron chi connectivity index (χ2n) is 9.74. The predicted molar refractivity (Wildman–Crippen MR) is 145 cm³/mol. The number of morpholine rings is 1. The predicted octanol–water partition coefficient (Wildman–Crippen LogP) is 5.25. The number of ether oxygens (including phenoxy) is 1. The maximum absolute atomic E-state index is 15.0. The van der Waals surface area contributed by atoms with E-state index < -0.39 is 17.5 Å². The fraction of sp³-hybridized carbons (Fsp3) is 0.286. The molecular formula is C28H27ClFN5O3. The molecule has 1 aliphatic heterocycles. The van der Waals surface area contributed by atoms with Crippen molar-refractivity contribution in [3.8, 4) is 11.1 Å². The average molecular weight is 536 g/mol. The molecule has 1 saturated heterocycles. The maximum atomic E-state index is 15.0. The van der Waals surface area contributed by atoms with Gasteiger partial charge in [0.25, 0.3) is 5.91 Å². The Bertz CT molecular complexity index is 1510. The fourth-order valence-corrected chi connectivity index (χ4v) is 4.61. The van der Waals surface area contributed by atoms with Crippen molar-refractivity contribution in [1.29, 1.82) is 0 Å². The van der Waals surface area contributed by atoms with E-state index in [4.69, 9.17) is 16.3 Å². The Morgan fingerprint density at radius 2 is 1.87 bits per heavy atom. The van der Waals surface area contributed by atoms with E-state index in [1.807, 2.05) is 25.1 Å². The van der Waals surface area contributed by atoms with E-state index in [0.29, 0.717) is 46.5 Å². The molecule has 8 nitrogen and oxygen atoms in total. The van der Waals surface area contributed by atoms with Gasteiger partial charge in [-0.2, -0.15) is 0 Å². The highest BCUT2D eigenvalue weighted by Gasteiger charge is 2.23. The molecule has 1 amide bonds. The number of aromatic nitrogens is 3. The summed E-state index contributed by atoms with van der Waals surface area (Å²) in [5, 5.41) is 14.6. The van der Waals surface area contributed by atoms with E-state index in [0.717, 1.165) is 16.5 Å². The van der Waals surface area contributed by atoms with Crippen LogP contribution in [-0.2, 0) is 15.1 Å². The van der Waals surface area contributed by atoms with E-state index in [-0.39, 0.29) is 12.5 Å². The first-order chi connectivity index (χ1) is 18.1. The average Bonchev–Trinajstić information content (AvgIpc) is 2.90. The van der Waals surface area contributed by atoms with Gasteiger partial charge in [-0.3, -0.25) is 9.78 Å². The third-order valence-corrected chi connectivity index (χ3v) is 6.75. The summed E-state index contributed by atoms with van der Waals surface area (Å²) in [5.74, 6) is -0.232. The molecule has 2 N–H and O–H groups in total. The van der Waals surface area contributed by atoms with Gasteiger partial charge in [0.2, 0.25) is 0 Å². The third kappa shape index (κ3) is 5.18. The van der Waals surface area contributed by atoms with Crippen molar-refractivity contribution >= 4 is 39.8 Å². The number of benzene rings is 2. The summed E-state index contributed by atoms with van der Waals surface area (Å²) >= 11 is 6.58. The Labute approximate surface area is 224 Å². The van der Waals surface area contributed by atoms with E-state index in [2.05, 4.69) is 20.3 Å². The highest BCUT2D eigenvalue weighted by atomic mass is 35.5. The summed E-state index contributed by atoms with van der Waals surface area (Å²) < 4.78 is 20.2. The summed E-state index contributed by atoms with van der Waals surface area (Å²) in [6.45, 7) is 5.94.